The molecule has 3 heteroatoms. The first-order chi connectivity index (χ1) is 5.17. The number of hydrogen-bond acceptors (Lipinski definition) is 3. The Kier molecular flexibility index (Phi) is 2.65. The number of hydrogen-bond donors (Lipinski definition) is 1. The highest BCUT2D eigenvalue weighted by Crippen LogP contribution is 2.24. The molecule has 0 radical (unpaired) electrons. The van der Waals surface area contributed by atoms with Gasteiger partial charge in [-0.1, -0.05) is 13.8 Å². The molecule has 0 spiro atoms. The van der Waals surface area contributed by atoms with E-state index in [1.165, 1.54) is 5.56 Å². The molecule has 0 saturated carbocycles. The Morgan fingerprint density at radius 1 is 1.64 bits per heavy atom. The van der Waals surface area contributed by atoms with Crippen molar-refractivity contribution in [2.24, 2.45) is 5.90 Å². The number of rotatable bonds is 3. The van der Waals surface area contributed by atoms with Crippen LogP contribution in [0.2, 0.25) is 0 Å². The third-order valence-electron chi connectivity index (χ3n) is 1.75. The van der Waals surface area contributed by atoms with Crippen molar-refractivity contribution in [3.8, 4) is 0 Å². The molecule has 0 bridgehead atoms. The molecule has 0 unspecified atom stereocenters. The first-order valence-electron chi connectivity index (χ1n) is 3.51. The van der Waals surface area contributed by atoms with Crippen LogP contribution in [0.5, 0.6) is 0 Å². The summed E-state index contributed by atoms with van der Waals surface area (Å²) >= 11 is 1.70. The van der Waals surface area contributed by atoms with Gasteiger partial charge in [0.25, 0.3) is 0 Å². The Morgan fingerprint density at radius 2 is 2.36 bits per heavy atom. The lowest BCUT2D eigenvalue weighted by Crippen LogP contribution is -2.25. The van der Waals surface area contributed by atoms with Gasteiger partial charge in [0.2, 0.25) is 0 Å². The van der Waals surface area contributed by atoms with E-state index in [0.717, 1.165) is 0 Å². The maximum Gasteiger partial charge on any atom is 0.0770 e. The summed E-state index contributed by atoms with van der Waals surface area (Å²) in [5.74, 6) is 5.02. The molecular weight excluding hydrogens is 158 g/mol. The fourth-order valence-corrected chi connectivity index (χ4v) is 1.79. The van der Waals surface area contributed by atoms with E-state index in [-0.39, 0.29) is 5.41 Å². The van der Waals surface area contributed by atoms with Crippen molar-refractivity contribution >= 4 is 11.3 Å². The summed E-state index contributed by atoms with van der Waals surface area (Å²) in [4.78, 5) is 4.64. The van der Waals surface area contributed by atoms with E-state index in [1.807, 2.05) is 0 Å². The van der Waals surface area contributed by atoms with Gasteiger partial charge in [0.1, 0.15) is 0 Å². The lowest BCUT2D eigenvalue weighted by molar-refractivity contribution is 0.0966. The van der Waals surface area contributed by atoms with E-state index in [4.69, 9.17) is 5.90 Å². The van der Waals surface area contributed by atoms with Gasteiger partial charge in [-0.05, 0) is 22.4 Å². The van der Waals surface area contributed by atoms with Crippen molar-refractivity contribution in [3.63, 3.8) is 0 Å². The second kappa shape index (κ2) is 3.34. The van der Waals surface area contributed by atoms with Crippen LogP contribution in [-0.4, -0.2) is 6.61 Å². The largest absolute Gasteiger partial charge is 0.304 e. The van der Waals surface area contributed by atoms with Crippen LogP contribution < -0.4 is 5.90 Å². The highest BCUT2D eigenvalue weighted by molar-refractivity contribution is 7.08. The molecule has 1 aromatic heterocycles. The smallest absolute Gasteiger partial charge is 0.0770 e. The standard InChI is InChI=1S/C8H13NOS/c1-8(2,6-10-9)7-3-4-11-5-7/h3-5H,6,9H2,1-2H3. The molecule has 0 fully saturated rings. The minimum Gasteiger partial charge on any atom is -0.304 e. The maximum atomic E-state index is 5.02. The third-order valence-corrected chi connectivity index (χ3v) is 2.43. The van der Waals surface area contributed by atoms with Crippen LogP contribution in [0.3, 0.4) is 0 Å². The molecule has 0 aliphatic carbocycles. The van der Waals surface area contributed by atoms with Crippen molar-refractivity contribution < 1.29 is 4.84 Å². The topological polar surface area (TPSA) is 35.2 Å². The lowest BCUT2D eigenvalue weighted by atomic mass is 9.88. The molecule has 2 N–H and O–H groups in total. The normalized spacial score (nSPS) is 11.9. The fourth-order valence-electron chi connectivity index (χ4n) is 0.941. The van der Waals surface area contributed by atoms with Gasteiger partial charge in [-0.25, -0.2) is 5.90 Å². The molecule has 0 aromatic carbocycles. The van der Waals surface area contributed by atoms with Gasteiger partial charge >= 0.3 is 0 Å². The number of thiophene rings is 1. The zero-order valence-electron chi connectivity index (χ0n) is 6.83. The second-order valence-corrected chi connectivity index (χ2v) is 3.99. The van der Waals surface area contributed by atoms with Crippen LogP contribution in [0.4, 0.5) is 0 Å². The van der Waals surface area contributed by atoms with Crippen molar-refractivity contribution in [1.82, 2.24) is 0 Å². The molecule has 2 nitrogen and oxygen atoms in total. The molecule has 0 atom stereocenters. The Hall–Kier alpha value is -0.380. The van der Waals surface area contributed by atoms with Gasteiger partial charge in [0.05, 0.1) is 6.61 Å². The van der Waals surface area contributed by atoms with Crippen molar-refractivity contribution in [2.45, 2.75) is 19.3 Å². The third kappa shape index (κ3) is 2.02. The van der Waals surface area contributed by atoms with Crippen LogP contribution in [-0.2, 0) is 10.3 Å². The molecule has 62 valence electrons. The van der Waals surface area contributed by atoms with Crippen LogP contribution in [0.25, 0.3) is 0 Å². The Bertz CT molecular complexity index is 206. The molecule has 0 aliphatic heterocycles. The van der Waals surface area contributed by atoms with Crippen LogP contribution in [0, 0.1) is 0 Å². The van der Waals surface area contributed by atoms with E-state index in [2.05, 4.69) is 35.5 Å². The zero-order chi connectivity index (χ0) is 8.32. The van der Waals surface area contributed by atoms with Gasteiger partial charge in [-0.3, -0.25) is 0 Å². The minimum absolute atomic E-state index is 0.0365. The summed E-state index contributed by atoms with van der Waals surface area (Å²) < 4.78 is 0. The summed E-state index contributed by atoms with van der Waals surface area (Å²) in [5, 5.41) is 4.19. The van der Waals surface area contributed by atoms with Crippen LogP contribution in [0.1, 0.15) is 19.4 Å². The molecule has 1 heterocycles. The van der Waals surface area contributed by atoms with Crippen LogP contribution in [0.15, 0.2) is 16.8 Å². The van der Waals surface area contributed by atoms with E-state index >= 15 is 0 Å². The monoisotopic (exact) mass is 171 g/mol. The van der Waals surface area contributed by atoms with Gasteiger partial charge in [-0.2, -0.15) is 11.3 Å². The minimum atomic E-state index is 0.0365. The molecule has 0 amide bonds. The van der Waals surface area contributed by atoms with Gasteiger partial charge < -0.3 is 4.84 Å². The molecule has 0 saturated heterocycles. The van der Waals surface area contributed by atoms with Crippen molar-refractivity contribution in [1.29, 1.82) is 0 Å². The Balaban J connectivity index is 2.73. The first kappa shape index (κ1) is 8.71. The average molecular weight is 171 g/mol. The average Bonchev–Trinajstić information content (AvgIpc) is 2.37. The van der Waals surface area contributed by atoms with Gasteiger partial charge in [0.15, 0.2) is 0 Å². The van der Waals surface area contributed by atoms with Crippen LogP contribution >= 0.6 is 11.3 Å². The summed E-state index contributed by atoms with van der Waals surface area (Å²) in [6.45, 7) is 4.79. The van der Waals surface area contributed by atoms with Gasteiger partial charge in [0, 0.05) is 5.41 Å². The molecule has 1 rings (SSSR count). The fraction of sp³-hybridized carbons (Fsp3) is 0.500. The van der Waals surface area contributed by atoms with Crippen molar-refractivity contribution in [2.75, 3.05) is 6.61 Å². The highest BCUT2D eigenvalue weighted by atomic mass is 32.1. The Morgan fingerprint density at radius 3 is 2.82 bits per heavy atom. The molecular formula is C8H13NOS. The summed E-state index contributed by atoms with van der Waals surface area (Å²) in [5.41, 5.74) is 1.32. The first-order valence-corrected chi connectivity index (χ1v) is 4.45. The summed E-state index contributed by atoms with van der Waals surface area (Å²) in [6, 6.07) is 2.10. The molecule has 1 aromatic rings. The van der Waals surface area contributed by atoms with E-state index in [0.29, 0.717) is 6.61 Å². The molecule has 0 aliphatic rings. The summed E-state index contributed by atoms with van der Waals surface area (Å²) in [7, 11) is 0. The molecule has 11 heavy (non-hydrogen) atoms. The quantitative estimate of drug-likeness (QED) is 0.705. The highest BCUT2D eigenvalue weighted by Gasteiger charge is 2.20. The maximum absolute atomic E-state index is 5.02. The lowest BCUT2D eigenvalue weighted by Gasteiger charge is -2.21. The van der Waals surface area contributed by atoms with E-state index in [9.17, 15) is 0 Å². The SMILES string of the molecule is CC(C)(CON)c1ccsc1. The predicted molar refractivity (Wildman–Crippen MR) is 47.5 cm³/mol. The van der Waals surface area contributed by atoms with E-state index in [1.54, 1.807) is 11.3 Å². The Labute approximate surface area is 70.9 Å². The zero-order valence-corrected chi connectivity index (χ0v) is 7.65. The van der Waals surface area contributed by atoms with E-state index < -0.39 is 0 Å². The van der Waals surface area contributed by atoms with Gasteiger partial charge in [-0.15, -0.1) is 0 Å². The number of nitrogens with two attached hydrogens (primary N) is 1. The van der Waals surface area contributed by atoms with Crippen molar-refractivity contribution in [3.05, 3.63) is 22.4 Å². The summed E-state index contributed by atoms with van der Waals surface area (Å²) in [6.07, 6.45) is 0. The second-order valence-electron chi connectivity index (χ2n) is 3.21. The predicted octanol–water partition coefficient (Wildman–Crippen LogP) is 1.92.